The number of rotatable bonds is 5. The van der Waals surface area contributed by atoms with Crippen molar-refractivity contribution < 1.29 is 9.76 Å². The lowest BCUT2D eigenvalue weighted by Gasteiger charge is -2.20. The number of hydrogen-bond donors (Lipinski definition) is 2. The quantitative estimate of drug-likeness (QED) is 0.692. The SMILES string of the molecule is CB(C)OCCO.CC(C)CC(C)(C)N. The van der Waals surface area contributed by atoms with Gasteiger partial charge in [0.1, 0.15) is 0 Å². The predicted octanol–water partition coefficient (Wildman–Crippen LogP) is 2.02. The molecule has 15 heavy (non-hydrogen) atoms. The molecule has 3 nitrogen and oxygen atoms in total. The molecule has 0 aromatic heterocycles. The first kappa shape index (κ1) is 17.3. The van der Waals surface area contributed by atoms with E-state index in [1.165, 1.54) is 0 Å². The van der Waals surface area contributed by atoms with Crippen molar-refractivity contribution in [3.63, 3.8) is 0 Å². The molecule has 0 aromatic carbocycles. The van der Waals surface area contributed by atoms with E-state index in [1.54, 1.807) is 0 Å². The fraction of sp³-hybridized carbons (Fsp3) is 1.00. The molecule has 0 radical (unpaired) electrons. The zero-order valence-electron chi connectivity index (χ0n) is 11.2. The molecule has 0 saturated carbocycles. The Bertz CT molecular complexity index is 133. The minimum absolute atomic E-state index is 0.0220. The van der Waals surface area contributed by atoms with Crippen LogP contribution in [-0.2, 0) is 4.65 Å². The highest BCUT2D eigenvalue weighted by Gasteiger charge is 2.11. The van der Waals surface area contributed by atoms with E-state index in [0.29, 0.717) is 6.61 Å². The van der Waals surface area contributed by atoms with E-state index in [1.807, 2.05) is 13.6 Å². The summed E-state index contributed by atoms with van der Waals surface area (Å²) in [4.78, 5) is 0. The van der Waals surface area contributed by atoms with Crippen molar-refractivity contribution in [2.75, 3.05) is 13.2 Å². The molecule has 3 N–H and O–H groups in total. The van der Waals surface area contributed by atoms with Crippen LogP contribution in [0.3, 0.4) is 0 Å². The number of aliphatic hydroxyl groups is 1. The highest BCUT2D eigenvalue weighted by molar-refractivity contribution is 6.48. The fourth-order valence-corrected chi connectivity index (χ4v) is 1.34. The van der Waals surface area contributed by atoms with Gasteiger partial charge < -0.3 is 15.5 Å². The van der Waals surface area contributed by atoms with E-state index in [9.17, 15) is 0 Å². The van der Waals surface area contributed by atoms with Crippen LogP contribution in [0, 0.1) is 5.92 Å². The van der Waals surface area contributed by atoms with Gasteiger partial charge in [0.25, 0.3) is 6.92 Å². The maximum Gasteiger partial charge on any atom is 0.286 e. The molecule has 0 fully saturated rings. The summed E-state index contributed by atoms with van der Waals surface area (Å²) in [5, 5.41) is 8.19. The van der Waals surface area contributed by atoms with E-state index in [0.717, 1.165) is 12.3 Å². The van der Waals surface area contributed by atoms with Gasteiger partial charge in [0, 0.05) is 5.54 Å². The van der Waals surface area contributed by atoms with Crippen molar-refractivity contribution in [2.45, 2.75) is 53.3 Å². The Hall–Kier alpha value is -0.0551. The molecule has 92 valence electrons. The van der Waals surface area contributed by atoms with Gasteiger partial charge in [0.2, 0.25) is 0 Å². The highest BCUT2D eigenvalue weighted by Crippen LogP contribution is 2.11. The molecule has 0 unspecified atom stereocenters. The standard InChI is InChI=1S/C7H17N.C4H11BO2/c1-6(2)5-7(3,4)8;1-5(2)7-4-3-6/h6H,5,8H2,1-4H3;6H,3-4H2,1-2H3. The van der Waals surface area contributed by atoms with Gasteiger partial charge in [-0.15, -0.1) is 0 Å². The molecular weight excluding hydrogens is 189 g/mol. The Morgan fingerprint density at radius 1 is 1.33 bits per heavy atom. The second kappa shape index (κ2) is 9.19. The third-order valence-corrected chi connectivity index (χ3v) is 1.48. The van der Waals surface area contributed by atoms with Crippen LogP contribution in [0.1, 0.15) is 34.1 Å². The minimum Gasteiger partial charge on any atom is -0.434 e. The Balaban J connectivity index is 0. The summed E-state index contributed by atoms with van der Waals surface area (Å²) in [5.41, 5.74) is 5.76. The lowest BCUT2D eigenvalue weighted by molar-refractivity contribution is 0.203. The molecule has 0 spiro atoms. The Morgan fingerprint density at radius 3 is 1.87 bits per heavy atom. The number of hydrogen-bond acceptors (Lipinski definition) is 3. The molecular formula is C11H28BNO2. The molecule has 0 heterocycles. The molecule has 0 aromatic rings. The average molecular weight is 217 g/mol. The summed E-state index contributed by atoms with van der Waals surface area (Å²) < 4.78 is 4.94. The molecule has 0 atom stereocenters. The van der Waals surface area contributed by atoms with Gasteiger partial charge in [-0.3, -0.25) is 0 Å². The van der Waals surface area contributed by atoms with E-state index in [-0.39, 0.29) is 19.1 Å². The summed E-state index contributed by atoms with van der Waals surface area (Å²) >= 11 is 0. The van der Waals surface area contributed by atoms with Gasteiger partial charge in [-0.25, -0.2) is 0 Å². The molecule has 0 bridgehead atoms. The minimum atomic E-state index is 0.0220. The highest BCUT2D eigenvalue weighted by atomic mass is 16.4. The van der Waals surface area contributed by atoms with Crippen LogP contribution in [0.25, 0.3) is 0 Å². The Labute approximate surface area is 95.5 Å². The lowest BCUT2D eigenvalue weighted by Crippen LogP contribution is -2.33. The van der Waals surface area contributed by atoms with Crippen LogP contribution >= 0.6 is 0 Å². The summed E-state index contributed by atoms with van der Waals surface area (Å²) in [6.45, 7) is 13.2. The van der Waals surface area contributed by atoms with Gasteiger partial charge in [-0.2, -0.15) is 0 Å². The van der Waals surface area contributed by atoms with Crippen molar-refractivity contribution in [3.8, 4) is 0 Å². The first-order chi connectivity index (χ1) is 6.69. The Kier molecular flexibility index (Phi) is 10.6. The van der Waals surface area contributed by atoms with E-state index in [2.05, 4.69) is 27.7 Å². The monoisotopic (exact) mass is 217 g/mol. The largest absolute Gasteiger partial charge is 0.434 e. The fourth-order valence-electron chi connectivity index (χ4n) is 1.34. The van der Waals surface area contributed by atoms with Crippen molar-refractivity contribution in [2.24, 2.45) is 11.7 Å². The third-order valence-electron chi connectivity index (χ3n) is 1.48. The Morgan fingerprint density at radius 2 is 1.80 bits per heavy atom. The normalized spacial score (nSPS) is 11.0. The first-order valence-electron chi connectivity index (χ1n) is 5.70. The predicted molar refractivity (Wildman–Crippen MR) is 68.2 cm³/mol. The summed E-state index contributed by atoms with van der Waals surface area (Å²) in [6.07, 6.45) is 1.10. The van der Waals surface area contributed by atoms with Crippen LogP contribution in [0.4, 0.5) is 0 Å². The van der Waals surface area contributed by atoms with Crippen LogP contribution in [0.5, 0.6) is 0 Å². The third kappa shape index (κ3) is 24.9. The smallest absolute Gasteiger partial charge is 0.286 e. The van der Waals surface area contributed by atoms with E-state index < -0.39 is 0 Å². The van der Waals surface area contributed by atoms with Crippen molar-refractivity contribution in [1.82, 2.24) is 0 Å². The zero-order valence-corrected chi connectivity index (χ0v) is 11.2. The van der Waals surface area contributed by atoms with Crippen LogP contribution in [0.15, 0.2) is 0 Å². The molecule has 0 aliphatic rings. The molecule has 0 saturated heterocycles. The number of aliphatic hydroxyl groups excluding tert-OH is 1. The van der Waals surface area contributed by atoms with E-state index in [4.69, 9.17) is 15.5 Å². The summed E-state index contributed by atoms with van der Waals surface area (Å²) in [6, 6.07) is 0. The van der Waals surface area contributed by atoms with Crippen molar-refractivity contribution in [3.05, 3.63) is 0 Å². The van der Waals surface area contributed by atoms with Gasteiger partial charge in [0.05, 0.1) is 13.2 Å². The maximum atomic E-state index is 8.19. The summed E-state index contributed by atoms with van der Waals surface area (Å²) in [5.74, 6) is 0.718. The topological polar surface area (TPSA) is 55.5 Å². The maximum absolute atomic E-state index is 8.19. The second-order valence-corrected chi connectivity index (χ2v) is 5.23. The zero-order chi connectivity index (χ0) is 12.5. The molecule has 0 aliphatic carbocycles. The molecule has 0 rings (SSSR count). The van der Waals surface area contributed by atoms with Gasteiger partial charge in [-0.1, -0.05) is 27.5 Å². The van der Waals surface area contributed by atoms with Gasteiger partial charge >= 0.3 is 0 Å². The molecule has 0 aliphatic heterocycles. The van der Waals surface area contributed by atoms with Crippen molar-refractivity contribution >= 4 is 6.92 Å². The van der Waals surface area contributed by atoms with E-state index >= 15 is 0 Å². The molecule has 0 amide bonds. The van der Waals surface area contributed by atoms with Crippen molar-refractivity contribution in [1.29, 1.82) is 0 Å². The van der Waals surface area contributed by atoms with Crippen LogP contribution in [0.2, 0.25) is 13.6 Å². The lowest BCUT2D eigenvalue weighted by atomic mass is 9.75. The summed E-state index contributed by atoms with van der Waals surface area (Å²) in [7, 11) is 0. The van der Waals surface area contributed by atoms with Gasteiger partial charge in [-0.05, 0) is 26.2 Å². The average Bonchev–Trinajstić information content (AvgIpc) is 1.96. The van der Waals surface area contributed by atoms with Gasteiger partial charge in [0.15, 0.2) is 0 Å². The van der Waals surface area contributed by atoms with Crippen LogP contribution in [-0.4, -0.2) is 30.8 Å². The second-order valence-electron chi connectivity index (χ2n) is 5.23. The molecule has 4 heteroatoms. The first-order valence-corrected chi connectivity index (χ1v) is 5.70. The van der Waals surface area contributed by atoms with Crippen LogP contribution < -0.4 is 5.73 Å². The number of nitrogens with two attached hydrogens (primary N) is 1.